The minimum atomic E-state index is -3.95. The molecule has 0 amide bonds. The van der Waals surface area contributed by atoms with Crippen LogP contribution in [0, 0.1) is 11.3 Å². The smallest absolute Gasteiger partial charge is 0.883 e. The number of anilines is 3. The Balaban J connectivity index is 0.000000236. The molecular weight excluding hydrogens is 1530 g/mol. The van der Waals surface area contributed by atoms with E-state index in [1.807, 2.05) is 48.5 Å². The molecule has 4 aromatic carbocycles. The van der Waals surface area contributed by atoms with E-state index in [1.165, 1.54) is 169 Å². The van der Waals surface area contributed by atoms with E-state index < -0.39 is 57.0 Å². The molecule has 21 nitrogen and oxygen atoms in total. The van der Waals surface area contributed by atoms with E-state index in [-0.39, 0.29) is 116 Å². The number of allylic oxidation sites excluding steroid dienone is 2. The first kappa shape index (κ1) is 89.1. The number of thiophene rings is 3. The second-order valence-electron chi connectivity index (χ2n) is 24.3. The van der Waals surface area contributed by atoms with Crippen LogP contribution in [0.4, 0.5) is 17.1 Å². The molecule has 3 aromatic heterocycles. The van der Waals surface area contributed by atoms with Gasteiger partial charge in [0.05, 0.1) is 62.6 Å². The van der Waals surface area contributed by atoms with Gasteiger partial charge in [0.25, 0.3) is 39.1 Å². The number of hydrogen-bond donors (Lipinski definition) is 4. The minimum absolute atomic E-state index is 0. The molecule has 32 heteroatoms. The van der Waals surface area contributed by atoms with Gasteiger partial charge in [0, 0.05) is 22.5 Å². The van der Waals surface area contributed by atoms with Crippen LogP contribution in [0.15, 0.2) is 178 Å². The first-order valence-corrected chi connectivity index (χ1v) is 43.3. The van der Waals surface area contributed by atoms with Crippen molar-refractivity contribution in [2.45, 2.75) is 179 Å². The molecule has 1 aliphatic heterocycles. The molecule has 0 unspecified atom stereocenters. The summed E-state index contributed by atoms with van der Waals surface area (Å²) in [6.07, 6.45) is 25.8. The van der Waals surface area contributed by atoms with Gasteiger partial charge in [-0.25, -0.2) is 39.6 Å². The van der Waals surface area contributed by atoms with Gasteiger partial charge < -0.3 is 30.5 Å². The van der Waals surface area contributed by atoms with Crippen molar-refractivity contribution in [3.8, 4) is 6.07 Å². The van der Waals surface area contributed by atoms with Crippen molar-refractivity contribution in [3.63, 3.8) is 0 Å². The molecule has 0 bridgehead atoms. The molecule has 7 aromatic rings. The predicted molar refractivity (Wildman–Crippen MR) is 400 cm³/mol. The number of carboxylic acid groups (broad SMARTS) is 1. The van der Waals surface area contributed by atoms with Crippen LogP contribution in [0.3, 0.4) is 0 Å². The third-order valence-electron chi connectivity index (χ3n) is 17.5. The maximum absolute atomic E-state index is 12.6. The zero-order chi connectivity index (χ0) is 74.0. The van der Waals surface area contributed by atoms with E-state index >= 15 is 0 Å². The summed E-state index contributed by atoms with van der Waals surface area (Å²) >= 11 is 4.30. The number of carboxylic acids is 1. The summed E-state index contributed by atoms with van der Waals surface area (Å²) < 4.78 is 115. The second-order valence-corrected chi connectivity index (χ2v) is 35.5. The molecule has 4 heterocycles. The third-order valence-corrected chi connectivity index (χ3v) is 26.6. The van der Waals surface area contributed by atoms with E-state index in [4.69, 9.17) is 26.8 Å². The first-order valence-electron chi connectivity index (χ1n) is 33.1. The minimum Gasteiger partial charge on any atom is -0.883 e. The number of methoxy groups -OCH3 is 2. The molecule has 0 spiro atoms. The predicted octanol–water partition coefficient (Wildman–Crippen LogP) is 10.0. The topological polar surface area (TPSA) is 359 Å². The number of hydrogen-bond acceptors (Lipinski definition) is 21. The fourth-order valence-corrected chi connectivity index (χ4v) is 19.2. The quantitative estimate of drug-likeness (QED) is 0.0302. The van der Waals surface area contributed by atoms with Crippen LogP contribution in [0.25, 0.3) is 0 Å². The second kappa shape index (κ2) is 43.5. The van der Waals surface area contributed by atoms with Crippen LogP contribution in [0.5, 0.6) is 0 Å². The number of halogens is 1. The number of carbonyl (C=O) groups is 3. The Hall–Kier alpha value is -5.53. The van der Waals surface area contributed by atoms with E-state index in [0.717, 1.165) is 65.7 Å². The Bertz CT molecular complexity index is 4540. The van der Waals surface area contributed by atoms with Gasteiger partial charge in [0.2, 0.25) is 0 Å². The number of nitrogens with two attached hydrogens (primary N) is 1. The van der Waals surface area contributed by atoms with Gasteiger partial charge in [-0.3, -0.25) is 9.44 Å². The van der Waals surface area contributed by atoms with Crippen LogP contribution >= 0.6 is 56.5 Å². The van der Waals surface area contributed by atoms with E-state index in [2.05, 4.69) is 23.3 Å². The number of benzene rings is 4. The first-order chi connectivity index (χ1) is 48.7. The summed E-state index contributed by atoms with van der Waals surface area (Å²) in [7, 11) is -7.19. The maximum atomic E-state index is 12.6. The van der Waals surface area contributed by atoms with Crippen molar-refractivity contribution >= 4 is 136 Å². The summed E-state index contributed by atoms with van der Waals surface area (Å²) in [4.78, 5) is 34.7. The van der Waals surface area contributed by atoms with Crippen molar-refractivity contribution < 1.29 is 132 Å². The SMILES string of the molecule is CC#N.COC(=O)c1sccc1N.COC(=O)c1sccc1NS(=O)(=O)c1ccc(C2CCCCC2)cc1.O=C(O)c1sccc1NS(=O)(=O)c1ccc(C2CCCCC2)cc1.O=S(=O)(Cl)c1ccc(C2CCCCC2)cc1.O=S(=O)(N=C1C=CSC1=C([O-])[O-])c1ccc(C2CCCCC2)cc1.[Na+].[Na+]. The maximum Gasteiger partial charge on any atom is 1.00 e. The summed E-state index contributed by atoms with van der Waals surface area (Å²) in [5.41, 5.74) is 10.9. The number of rotatable bonds is 16. The zero-order valence-electron chi connectivity index (χ0n) is 58.5. The molecule has 5 N–H and O–H groups in total. The fourth-order valence-electron chi connectivity index (χ4n) is 12.3. The summed E-state index contributed by atoms with van der Waals surface area (Å²) in [6, 6.07) is 34.2. The van der Waals surface area contributed by atoms with Crippen molar-refractivity contribution in [2.75, 3.05) is 29.4 Å². The van der Waals surface area contributed by atoms with E-state index in [9.17, 15) is 58.3 Å². The van der Waals surface area contributed by atoms with Crippen LogP contribution < -0.4 is 84.5 Å². The van der Waals surface area contributed by atoms with Crippen LogP contribution in [-0.2, 0) is 48.6 Å². The molecule has 4 fully saturated rings. The van der Waals surface area contributed by atoms with Gasteiger partial charge in [0.15, 0.2) is 0 Å². The molecule has 0 saturated heterocycles. The fraction of sp³-hybridized carbons (Fsp3) is 0.375. The van der Waals surface area contributed by atoms with Gasteiger partial charge in [-0.15, -0.1) is 34.0 Å². The molecule has 548 valence electrons. The van der Waals surface area contributed by atoms with E-state index in [0.29, 0.717) is 34.2 Å². The molecule has 104 heavy (non-hydrogen) atoms. The largest absolute Gasteiger partial charge is 1.00 e. The summed E-state index contributed by atoms with van der Waals surface area (Å²) in [6.45, 7) is 1.43. The Morgan fingerprint density at radius 3 is 1.16 bits per heavy atom. The van der Waals surface area contributed by atoms with Crippen molar-refractivity contribution in [2.24, 2.45) is 4.40 Å². The number of ether oxygens (including phenoxy) is 2. The molecule has 12 rings (SSSR count). The average molecular weight is 1610 g/mol. The Kier molecular flexibility index (Phi) is 37.2. The molecular formula is C72H82ClN5Na2O16S8. The number of thioether (sulfide) groups is 1. The van der Waals surface area contributed by atoms with Crippen LogP contribution in [0.1, 0.15) is 210 Å². The standard InChI is InChI=1S/C18H21NO4S2.2C17H19NO4S2.C12H15ClO2S.C6H7NO2S.C2H3N.2Na/c1-23-18(20)17-16(11-12-24-17)19-25(21,22)15-9-7-14(8-10-15)13-5-3-2-4-6-13;2*19-17(20)16-15(10-11-23-16)18-24(21,22)14-8-6-13(7-9-14)12-4-2-1-3-5-12;13-16(14,15)12-8-6-11(7-9-12)10-4-2-1-3-5-10;1-9-6(8)5-4(7)2-3-10-5;1-2-3;;/h7-13,19H,2-6H2,1H3;6-12,19-20H,1-5H2;6-12,18H,1-5H2,(H,19,20);6-10H,1-5H2;2-3H,7H2,1H3;1H3;;/q;;;;;;2*+1/p-2. The van der Waals surface area contributed by atoms with E-state index in [1.54, 1.807) is 82.9 Å². The number of nitrogens with one attached hydrogen (secondary N) is 2. The summed E-state index contributed by atoms with van der Waals surface area (Å²) in [5, 5.41) is 44.8. The van der Waals surface area contributed by atoms with Crippen LogP contribution in [-0.4, -0.2) is 76.6 Å². The van der Waals surface area contributed by atoms with Gasteiger partial charge in [-0.2, -0.15) is 24.0 Å². The van der Waals surface area contributed by atoms with Crippen molar-refractivity contribution in [3.05, 3.63) is 191 Å². The summed E-state index contributed by atoms with van der Waals surface area (Å²) in [5.74, 6) is -1.36. The molecule has 4 saturated carbocycles. The molecule has 0 atom stereocenters. The number of esters is 2. The van der Waals surface area contributed by atoms with Crippen LogP contribution in [0.2, 0.25) is 0 Å². The number of nitriles is 1. The third kappa shape index (κ3) is 26.7. The van der Waals surface area contributed by atoms with Gasteiger partial charge in [-0.05, 0) is 192 Å². The number of aromatic carboxylic acids is 1. The Labute approximate surface area is 675 Å². The van der Waals surface area contributed by atoms with Crippen molar-refractivity contribution in [1.82, 2.24) is 0 Å². The number of nitrogens with zero attached hydrogens (tertiary/aromatic N) is 2. The normalized spacial score (nSPS) is 16.1. The monoisotopic (exact) mass is 1610 g/mol. The number of nitrogen functional groups attached to an aromatic ring is 1. The average Bonchev–Trinajstić information content (AvgIpc) is 0.991. The van der Waals surface area contributed by atoms with Gasteiger partial charge in [-0.1, -0.05) is 137 Å². The Morgan fingerprint density at radius 1 is 0.519 bits per heavy atom. The Morgan fingerprint density at radius 2 is 0.837 bits per heavy atom. The number of carbonyl (C=O) groups excluding carboxylic acids is 2. The molecule has 5 aliphatic rings. The zero-order valence-corrected chi connectivity index (χ0v) is 69.8. The number of sulfonamides is 3. The van der Waals surface area contributed by atoms with Gasteiger partial charge >= 0.3 is 77.0 Å². The van der Waals surface area contributed by atoms with Crippen molar-refractivity contribution in [1.29, 1.82) is 5.26 Å². The van der Waals surface area contributed by atoms with Gasteiger partial charge in [0.1, 0.15) is 14.6 Å². The molecule has 0 radical (unpaired) electrons. The molecule has 4 aliphatic carbocycles.